The normalized spacial score (nSPS) is 22.9. The highest BCUT2D eigenvalue weighted by Gasteiger charge is 2.26. The molecule has 5 nitrogen and oxygen atoms in total. The molecule has 2 N–H and O–H groups in total. The smallest absolute Gasteiger partial charge is 0.191 e. The highest BCUT2D eigenvalue weighted by atomic mass is 32.2. The van der Waals surface area contributed by atoms with E-state index < -0.39 is 10.8 Å². The molecule has 148 valence electrons. The number of nitrogens with zero attached hydrogens (tertiary/aromatic N) is 2. The molecule has 0 bridgehead atoms. The van der Waals surface area contributed by atoms with Gasteiger partial charge in [-0.05, 0) is 19.3 Å². The van der Waals surface area contributed by atoms with Crippen LogP contribution in [0.4, 0.5) is 0 Å². The predicted octanol–water partition coefficient (Wildman–Crippen LogP) is 3.23. The molecule has 7 heteroatoms. The first kappa shape index (κ1) is 21.4. The molecule has 1 aliphatic carbocycles. The first-order valence-electron chi connectivity index (χ1n) is 9.62. The first-order valence-corrected chi connectivity index (χ1v) is 11.9. The van der Waals surface area contributed by atoms with Gasteiger partial charge < -0.3 is 10.6 Å². The summed E-state index contributed by atoms with van der Waals surface area (Å²) in [5, 5.41) is 10.6. The van der Waals surface area contributed by atoms with Gasteiger partial charge in [0.25, 0.3) is 0 Å². The Morgan fingerprint density at radius 1 is 1.42 bits per heavy atom. The van der Waals surface area contributed by atoms with E-state index in [4.69, 9.17) is 4.98 Å². The van der Waals surface area contributed by atoms with Crippen LogP contribution >= 0.6 is 11.3 Å². The zero-order valence-corrected chi connectivity index (χ0v) is 18.4. The lowest BCUT2D eigenvalue weighted by Crippen LogP contribution is -2.47. The van der Waals surface area contributed by atoms with E-state index in [0.29, 0.717) is 11.3 Å². The topological polar surface area (TPSA) is 66.4 Å². The molecule has 0 amide bonds. The van der Waals surface area contributed by atoms with Crippen molar-refractivity contribution in [3.8, 4) is 0 Å². The highest BCUT2D eigenvalue weighted by Crippen LogP contribution is 2.24. The zero-order valence-electron chi connectivity index (χ0n) is 16.8. The number of hydrogen-bond acceptors (Lipinski definition) is 4. The molecule has 0 saturated heterocycles. The second kappa shape index (κ2) is 9.83. The Labute approximate surface area is 164 Å². The van der Waals surface area contributed by atoms with E-state index in [-0.39, 0.29) is 5.41 Å². The molecule has 0 radical (unpaired) electrons. The van der Waals surface area contributed by atoms with Gasteiger partial charge in [0.2, 0.25) is 0 Å². The molecule has 1 aromatic heterocycles. The minimum absolute atomic E-state index is 0.107. The van der Waals surface area contributed by atoms with Crippen LogP contribution in [0.1, 0.15) is 64.1 Å². The van der Waals surface area contributed by atoms with Crippen LogP contribution < -0.4 is 10.6 Å². The third-order valence-corrected chi connectivity index (χ3v) is 7.45. The van der Waals surface area contributed by atoms with Gasteiger partial charge in [0.15, 0.2) is 5.96 Å². The van der Waals surface area contributed by atoms with Crippen molar-refractivity contribution in [2.24, 2.45) is 4.99 Å². The van der Waals surface area contributed by atoms with Crippen LogP contribution in [0, 0.1) is 0 Å². The van der Waals surface area contributed by atoms with Gasteiger partial charge in [-0.2, -0.15) is 0 Å². The number of aromatic nitrogens is 1. The Balaban J connectivity index is 1.79. The summed E-state index contributed by atoms with van der Waals surface area (Å²) in [4.78, 5) is 9.09. The maximum absolute atomic E-state index is 12.1. The largest absolute Gasteiger partial charge is 0.356 e. The molecule has 0 aromatic carbocycles. The second-order valence-corrected chi connectivity index (χ2v) is 10.9. The van der Waals surface area contributed by atoms with E-state index in [1.54, 1.807) is 18.4 Å². The summed E-state index contributed by atoms with van der Waals surface area (Å²) in [6.07, 6.45) is 5.22. The number of nitrogens with one attached hydrogen (secondary N) is 2. The lowest BCUT2D eigenvalue weighted by molar-refractivity contribution is 0.413. The van der Waals surface area contributed by atoms with E-state index in [9.17, 15) is 4.21 Å². The average Bonchev–Trinajstić information content (AvgIpc) is 3.09. The quantitative estimate of drug-likeness (QED) is 0.570. The predicted molar refractivity (Wildman–Crippen MR) is 114 cm³/mol. The minimum atomic E-state index is -0.693. The molecule has 2 rings (SSSR count). The molecule has 3 atom stereocenters. The molecule has 0 aliphatic heterocycles. The van der Waals surface area contributed by atoms with Crippen LogP contribution in [-0.2, 0) is 22.6 Å². The molecule has 1 saturated carbocycles. The van der Waals surface area contributed by atoms with Gasteiger partial charge in [-0.1, -0.05) is 34.1 Å². The summed E-state index contributed by atoms with van der Waals surface area (Å²) >= 11 is 1.73. The third kappa shape index (κ3) is 6.34. The zero-order chi connectivity index (χ0) is 19.2. The Morgan fingerprint density at radius 2 is 2.19 bits per heavy atom. The van der Waals surface area contributed by atoms with E-state index in [1.807, 2.05) is 6.92 Å². The SMILES string of the molecule is CCS(=O)C1CCCC(NC(=NC)NCCc2nc(C(C)(C)C)cs2)C1. The number of thiazole rings is 1. The standard InChI is InChI=1S/C19H34N4OS2/c1-6-26(24)15-9-7-8-14(12-15)22-18(20-5)21-11-10-17-23-16(13-25-17)19(2,3)4/h13-15H,6-12H2,1-5H3,(H2,20,21,22). The van der Waals surface area contributed by atoms with Crippen LogP contribution in [0.2, 0.25) is 0 Å². The van der Waals surface area contributed by atoms with Crippen molar-refractivity contribution in [3.05, 3.63) is 16.1 Å². The van der Waals surface area contributed by atoms with Crippen LogP contribution in [0.5, 0.6) is 0 Å². The average molecular weight is 399 g/mol. The van der Waals surface area contributed by atoms with Crippen LogP contribution in [0.3, 0.4) is 0 Å². The number of hydrogen-bond donors (Lipinski definition) is 2. The molecule has 26 heavy (non-hydrogen) atoms. The van der Waals surface area contributed by atoms with Gasteiger partial charge in [0, 0.05) is 58.7 Å². The van der Waals surface area contributed by atoms with Gasteiger partial charge in [-0.25, -0.2) is 4.98 Å². The summed E-state index contributed by atoms with van der Waals surface area (Å²) in [5.41, 5.74) is 1.27. The molecular weight excluding hydrogens is 364 g/mol. The number of rotatable bonds is 6. The molecule has 3 unspecified atom stereocenters. The molecule has 1 fully saturated rings. The fraction of sp³-hybridized carbons (Fsp3) is 0.789. The summed E-state index contributed by atoms with van der Waals surface area (Å²) in [6, 6.07) is 0.364. The van der Waals surface area contributed by atoms with Gasteiger partial charge in [-0.15, -0.1) is 11.3 Å². The van der Waals surface area contributed by atoms with E-state index in [1.165, 1.54) is 0 Å². The fourth-order valence-corrected chi connectivity index (χ4v) is 5.57. The Kier molecular flexibility index (Phi) is 8.07. The summed E-state index contributed by atoms with van der Waals surface area (Å²) in [5.74, 6) is 1.60. The lowest BCUT2D eigenvalue weighted by atomic mass is 9.93. The summed E-state index contributed by atoms with van der Waals surface area (Å²) in [6.45, 7) is 9.40. The maximum atomic E-state index is 12.1. The number of guanidine groups is 1. The third-order valence-electron chi connectivity index (χ3n) is 4.80. The molecule has 1 aromatic rings. The van der Waals surface area contributed by atoms with Crippen molar-refractivity contribution in [2.75, 3.05) is 19.3 Å². The van der Waals surface area contributed by atoms with E-state index in [0.717, 1.165) is 61.1 Å². The molecule has 1 aliphatic rings. The molecule has 0 spiro atoms. The monoisotopic (exact) mass is 398 g/mol. The Morgan fingerprint density at radius 3 is 2.81 bits per heavy atom. The molecule has 1 heterocycles. The highest BCUT2D eigenvalue weighted by molar-refractivity contribution is 7.85. The van der Waals surface area contributed by atoms with Crippen molar-refractivity contribution in [1.82, 2.24) is 15.6 Å². The first-order chi connectivity index (χ1) is 12.3. The van der Waals surface area contributed by atoms with Gasteiger partial charge in [-0.3, -0.25) is 9.20 Å². The van der Waals surface area contributed by atoms with E-state index >= 15 is 0 Å². The van der Waals surface area contributed by atoms with E-state index in [2.05, 4.69) is 41.8 Å². The van der Waals surface area contributed by atoms with Crippen molar-refractivity contribution < 1.29 is 4.21 Å². The van der Waals surface area contributed by atoms with Crippen LogP contribution in [-0.4, -0.2) is 45.8 Å². The summed E-state index contributed by atoms with van der Waals surface area (Å²) < 4.78 is 12.1. The maximum Gasteiger partial charge on any atom is 0.191 e. The van der Waals surface area contributed by atoms with Gasteiger partial charge in [0.05, 0.1) is 10.7 Å². The summed E-state index contributed by atoms with van der Waals surface area (Å²) in [7, 11) is 1.11. The number of aliphatic imine (C=N–C) groups is 1. The second-order valence-electron chi connectivity index (χ2n) is 7.92. The van der Waals surface area contributed by atoms with Crippen molar-refractivity contribution in [2.45, 2.75) is 76.5 Å². The van der Waals surface area contributed by atoms with Gasteiger partial charge in [0.1, 0.15) is 0 Å². The van der Waals surface area contributed by atoms with Crippen molar-refractivity contribution >= 4 is 28.1 Å². The fourth-order valence-electron chi connectivity index (χ4n) is 3.20. The molecular formula is C19H34N4OS2. The van der Waals surface area contributed by atoms with Crippen molar-refractivity contribution in [1.29, 1.82) is 0 Å². The van der Waals surface area contributed by atoms with Gasteiger partial charge >= 0.3 is 0 Å². The minimum Gasteiger partial charge on any atom is -0.356 e. The Bertz CT molecular complexity index is 621. The Hall–Kier alpha value is -0.950. The van der Waals surface area contributed by atoms with Crippen molar-refractivity contribution in [3.63, 3.8) is 0 Å². The lowest BCUT2D eigenvalue weighted by Gasteiger charge is -2.30. The van der Waals surface area contributed by atoms with Crippen LogP contribution in [0.25, 0.3) is 0 Å². The van der Waals surface area contributed by atoms with Crippen LogP contribution in [0.15, 0.2) is 10.4 Å².